The van der Waals surface area contributed by atoms with E-state index in [2.05, 4.69) is 45.5 Å². The van der Waals surface area contributed by atoms with Gasteiger partial charge in [0.25, 0.3) is 0 Å². The number of quaternary nitrogens is 1. The van der Waals surface area contributed by atoms with Crippen LogP contribution in [0.4, 0.5) is 0 Å². The van der Waals surface area contributed by atoms with Crippen LogP contribution in [-0.4, -0.2) is 44.6 Å². The topological polar surface area (TPSA) is 29.1 Å². The van der Waals surface area contributed by atoms with Crippen LogP contribution in [0.15, 0.2) is 12.2 Å². The molecule has 0 aromatic carbocycles. The van der Waals surface area contributed by atoms with E-state index in [0.29, 0.717) is 6.42 Å². The van der Waals surface area contributed by atoms with Crippen molar-refractivity contribution in [2.45, 2.75) is 39.0 Å². The Morgan fingerprint density at radius 1 is 1.18 bits per heavy atom. The summed E-state index contributed by atoms with van der Waals surface area (Å²) in [6.45, 7) is 3.92. The molecule has 0 radical (unpaired) electrons. The fourth-order valence-corrected chi connectivity index (χ4v) is 1.40. The third-order valence-electron chi connectivity index (χ3n) is 2.50. The van der Waals surface area contributed by atoms with E-state index < -0.39 is 0 Å². The summed E-state index contributed by atoms with van der Waals surface area (Å²) in [4.78, 5) is 11.5. The van der Waals surface area contributed by atoms with Crippen LogP contribution in [0.2, 0.25) is 0 Å². The van der Waals surface area contributed by atoms with E-state index in [-0.39, 0.29) is 5.91 Å². The van der Waals surface area contributed by atoms with E-state index in [1.54, 1.807) is 0 Å². The Morgan fingerprint density at radius 2 is 1.82 bits per heavy atom. The molecule has 0 bridgehead atoms. The van der Waals surface area contributed by atoms with Crippen LogP contribution in [0.5, 0.6) is 0 Å². The van der Waals surface area contributed by atoms with Gasteiger partial charge in [0.1, 0.15) is 0 Å². The van der Waals surface area contributed by atoms with Gasteiger partial charge in [-0.15, -0.1) is 0 Å². The first-order chi connectivity index (χ1) is 7.95. The summed E-state index contributed by atoms with van der Waals surface area (Å²) in [5.41, 5.74) is 0. The van der Waals surface area contributed by atoms with Crippen LogP contribution in [0, 0.1) is 0 Å². The van der Waals surface area contributed by atoms with Gasteiger partial charge in [-0.1, -0.05) is 25.5 Å². The number of carbonyl (C=O) groups is 1. The van der Waals surface area contributed by atoms with Gasteiger partial charge >= 0.3 is 0 Å². The zero-order valence-electron chi connectivity index (χ0n) is 12.0. The minimum absolute atomic E-state index is 0.183. The smallest absolute Gasteiger partial charge is 0.220 e. The first-order valence-corrected chi connectivity index (χ1v) is 6.68. The largest absolute Gasteiger partial charge is 0.350 e. The van der Waals surface area contributed by atoms with Crippen LogP contribution < -0.4 is 5.32 Å². The number of hydrogen-bond acceptors (Lipinski definition) is 1. The van der Waals surface area contributed by atoms with Gasteiger partial charge in [-0.05, 0) is 19.3 Å². The lowest BCUT2D eigenvalue weighted by Crippen LogP contribution is -2.41. The Labute approximate surface area is 106 Å². The highest BCUT2D eigenvalue weighted by Gasteiger charge is 2.07. The Hall–Kier alpha value is -0.830. The third-order valence-corrected chi connectivity index (χ3v) is 2.50. The van der Waals surface area contributed by atoms with E-state index >= 15 is 0 Å². The van der Waals surface area contributed by atoms with Crippen LogP contribution in [0.3, 0.4) is 0 Å². The Balaban J connectivity index is 3.41. The summed E-state index contributed by atoms with van der Waals surface area (Å²) in [7, 11) is 6.39. The summed E-state index contributed by atoms with van der Waals surface area (Å²) in [5, 5.41) is 2.96. The second kappa shape index (κ2) is 9.23. The standard InChI is InChI=1S/C14H28N2O/c1-5-6-7-8-9-10-11-14(17)15-12-13-16(2,3)4/h7-8H,5-6,9-13H2,1-4H3/p+1/b8-7+. The maximum Gasteiger partial charge on any atom is 0.220 e. The fourth-order valence-electron chi connectivity index (χ4n) is 1.40. The number of nitrogens with one attached hydrogen (secondary N) is 1. The molecule has 0 aliphatic rings. The van der Waals surface area contributed by atoms with Gasteiger partial charge in [-0.2, -0.15) is 0 Å². The number of allylic oxidation sites excluding steroid dienone is 2. The number of hydrogen-bond donors (Lipinski definition) is 1. The van der Waals surface area contributed by atoms with Crippen LogP contribution >= 0.6 is 0 Å². The number of likely N-dealkylation sites (N-methyl/N-ethyl adjacent to an activating group) is 1. The van der Waals surface area contributed by atoms with Crippen molar-refractivity contribution >= 4 is 5.91 Å². The van der Waals surface area contributed by atoms with Gasteiger partial charge in [-0.25, -0.2) is 0 Å². The number of amides is 1. The lowest BCUT2D eigenvalue weighted by atomic mass is 10.2. The molecule has 0 aliphatic heterocycles. The highest BCUT2D eigenvalue weighted by molar-refractivity contribution is 5.75. The molecule has 17 heavy (non-hydrogen) atoms. The van der Waals surface area contributed by atoms with Crippen molar-refractivity contribution < 1.29 is 9.28 Å². The zero-order valence-corrected chi connectivity index (χ0v) is 12.0. The quantitative estimate of drug-likeness (QED) is 0.375. The SMILES string of the molecule is CCC/C=C/CCCC(=O)NCC[N+](C)(C)C. The first kappa shape index (κ1) is 16.2. The Kier molecular flexibility index (Phi) is 8.78. The van der Waals surface area contributed by atoms with E-state index in [1.807, 2.05) is 0 Å². The molecule has 0 saturated heterocycles. The normalized spacial score (nSPS) is 12.0. The lowest BCUT2D eigenvalue weighted by molar-refractivity contribution is -0.869. The predicted molar refractivity (Wildman–Crippen MR) is 73.8 cm³/mol. The van der Waals surface area contributed by atoms with Crippen molar-refractivity contribution in [1.29, 1.82) is 0 Å². The minimum Gasteiger partial charge on any atom is -0.350 e. The number of unbranched alkanes of at least 4 members (excludes halogenated alkanes) is 2. The molecular weight excluding hydrogens is 212 g/mol. The van der Waals surface area contributed by atoms with E-state index in [4.69, 9.17) is 0 Å². The van der Waals surface area contributed by atoms with Crippen LogP contribution in [-0.2, 0) is 4.79 Å². The average Bonchev–Trinajstić information content (AvgIpc) is 2.21. The van der Waals surface area contributed by atoms with E-state index in [0.717, 1.165) is 36.8 Å². The molecule has 1 N–H and O–H groups in total. The van der Waals surface area contributed by atoms with E-state index in [1.165, 1.54) is 6.42 Å². The molecule has 1 amide bonds. The van der Waals surface area contributed by atoms with Crippen molar-refractivity contribution in [2.75, 3.05) is 34.2 Å². The molecule has 3 nitrogen and oxygen atoms in total. The second-order valence-corrected chi connectivity index (χ2v) is 5.52. The molecular formula is C14H29N2O+. The maximum absolute atomic E-state index is 11.5. The third kappa shape index (κ3) is 13.1. The number of nitrogens with zero attached hydrogens (tertiary/aromatic N) is 1. The Morgan fingerprint density at radius 3 is 2.41 bits per heavy atom. The fraction of sp³-hybridized carbons (Fsp3) is 0.786. The van der Waals surface area contributed by atoms with Crippen molar-refractivity contribution in [3.8, 4) is 0 Å². The van der Waals surface area contributed by atoms with E-state index in [9.17, 15) is 4.79 Å². The Bertz CT molecular complexity index is 229. The predicted octanol–water partition coefficient (Wildman–Crippen LogP) is 2.34. The number of carbonyl (C=O) groups excluding carboxylic acids is 1. The molecule has 3 heteroatoms. The zero-order chi connectivity index (χ0) is 13.1. The van der Waals surface area contributed by atoms with Crippen molar-refractivity contribution in [3.05, 3.63) is 12.2 Å². The second-order valence-electron chi connectivity index (χ2n) is 5.52. The van der Waals surface area contributed by atoms with Gasteiger partial charge in [0.2, 0.25) is 5.91 Å². The minimum atomic E-state index is 0.183. The molecule has 0 fully saturated rings. The van der Waals surface area contributed by atoms with Gasteiger partial charge in [0, 0.05) is 6.42 Å². The van der Waals surface area contributed by atoms with Gasteiger partial charge in [0.15, 0.2) is 0 Å². The highest BCUT2D eigenvalue weighted by atomic mass is 16.1. The highest BCUT2D eigenvalue weighted by Crippen LogP contribution is 1.98. The summed E-state index contributed by atoms with van der Waals surface area (Å²) < 4.78 is 0.889. The molecule has 100 valence electrons. The van der Waals surface area contributed by atoms with Crippen molar-refractivity contribution in [1.82, 2.24) is 5.32 Å². The van der Waals surface area contributed by atoms with Crippen molar-refractivity contribution in [3.63, 3.8) is 0 Å². The number of rotatable bonds is 9. The van der Waals surface area contributed by atoms with Crippen LogP contribution in [0.1, 0.15) is 39.0 Å². The van der Waals surface area contributed by atoms with Gasteiger partial charge < -0.3 is 9.80 Å². The summed E-state index contributed by atoms with van der Waals surface area (Å²) in [5.74, 6) is 0.183. The maximum atomic E-state index is 11.5. The monoisotopic (exact) mass is 241 g/mol. The summed E-state index contributed by atoms with van der Waals surface area (Å²) in [6.07, 6.45) is 9.35. The van der Waals surface area contributed by atoms with Gasteiger partial charge in [-0.3, -0.25) is 4.79 Å². The molecule has 0 aliphatic carbocycles. The van der Waals surface area contributed by atoms with Gasteiger partial charge in [0.05, 0.1) is 34.2 Å². The molecule has 0 saturated carbocycles. The average molecular weight is 241 g/mol. The molecule has 0 heterocycles. The molecule has 0 atom stereocenters. The summed E-state index contributed by atoms with van der Waals surface area (Å²) >= 11 is 0. The summed E-state index contributed by atoms with van der Waals surface area (Å²) in [6, 6.07) is 0. The first-order valence-electron chi connectivity index (χ1n) is 6.68. The molecule has 0 spiro atoms. The van der Waals surface area contributed by atoms with Crippen molar-refractivity contribution in [2.24, 2.45) is 0 Å². The van der Waals surface area contributed by atoms with Crippen LogP contribution in [0.25, 0.3) is 0 Å². The molecule has 0 aromatic rings. The molecule has 0 unspecified atom stereocenters. The molecule has 0 aromatic heterocycles. The lowest BCUT2D eigenvalue weighted by Gasteiger charge is -2.23. The molecule has 0 rings (SSSR count).